The Labute approximate surface area is 151 Å². The van der Waals surface area contributed by atoms with Gasteiger partial charge in [0, 0.05) is 23.1 Å². The number of amides is 1. The predicted molar refractivity (Wildman–Crippen MR) is 98.4 cm³/mol. The van der Waals surface area contributed by atoms with E-state index in [1.54, 1.807) is 24.3 Å². The summed E-state index contributed by atoms with van der Waals surface area (Å²) in [4.78, 5) is 12.6. The molecule has 3 nitrogen and oxygen atoms in total. The number of hydrogen-bond acceptors (Lipinski definition) is 1. The average molecular weight is 357 g/mol. The summed E-state index contributed by atoms with van der Waals surface area (Å²) in [6.07, 6.45) is 4.02. The van der Waals surface area contributed by atoms with Crippen molar-refractivity contribution in [2.45, 2.75) is 19.4 Å². The first-order valence-corrected chi connectivity index (χ1v) is 8.35. The summed E-state index contributed by atoms with van der Waals surface area (Å²) in [5.41, 5.74) is 2.40. The molecule has 0 radical (unpaired) electrons. The maximum Gasteiger partial charge on any atom is 0.226 e. The van der Waals surface area contributed by atoms with Crippen LogP contribution in [0.1, 0.15) is 23.6 Å². The number of nitrogens with zero attached hydrogens (tertiary/aromatic N) is 1. The molecule has 0 saturated carbocycles. The van der Waals surface area contributed by atoms with Gasteiger partial charge in [0.1, 0.15) is 5.82 Å². The van der Waals surface area contributed by atoms with Crippen LogP contribution in [0.25, 0.3) is 0 Å². The van der Waals surface area contributed by atoms with Gasteiger partial charge in [-0.1, -0.05) is 29.8 Å². The molecule has 0 unspecified atom stereocenters. The van der Waals surface area contributed by atoms with Gasteiger partial charge < -0.3 is 9.88 Å². The van der Waals surface area contributed by atoms with Gasteiger partial charge in [-0.3, -0.25) is 4.79 Å². The van der Waals surface area contributed by atoms with Gasteiger partial charge in [-0.05, 0) is 54.4 Å². The average Bonchev–Trinajstić information content (AvgIpc) is 3.12. The topological polar surface area (TPSA) is 34.0 Å². The van der Waals surface area contributed by atoms with Gasteiger partial charge in [-0.15, -0.1) is 0 Å². The Morgan fingerprint density at radius 1 is 1.12 bits per heavy atom. The number of rotatable bonds is 5. The molecule has 1 atom stereocenters. The molecule has 25 heavy (non-hydrogen) atoms. The molecular formula is C20H18ClFN2O. The van der Waals surface area contributed by atoms with Crippen molar-refractivity contribution in [1.29, 1.82) is 0 Å². The number of hydrogen-bond donors (Lipinski definition) is 1. The monoisotopic (exact) mass is 356 g/mol. The van der Waals surface area contributed by atoms with Gasteiger partial charge >= 0.3 is 0 Å². The van der Waals surface area contributed by atoms with Crippen LogP contribution < -0.4 is 5.32 Å². The largest absolute Gasteiger partial charge is 0.346 e. The Bertz CT molecular complexity index is 860. The zero-order valence-electron chi connectivity index (χ0n) is 13.7. The van der Waals surface area contributed by atoms with Gasteiger partial charge in [0.15, 0.2) is 0 Å². The highest BCUT2D eigenvalue weighted by Gasteiger charge is 2.18. The Kier molecular flexibility index (Phi) is 5.19. The third-order valence-corrected chi connectivity index (χ3v) is 4.57. The smallest absolute Gasteiger partial charge is 0.226 e. The van der Waals surface area contributed by atoms with Crippen LogP contribution in [0.2, 0.25) is 5.02 Å². The van der Waals surface area contributed by atoms with Crippen LogP contribution in [-0.2, 0) is 4.79 Å². The Morgan fingerprint density at radius 2 is 1.80 bits per heavy atom. The van der Waals surface area contributed by atoms with E-state index in [9.17, 15) is 9.18 Å². The number of carbonyl (C=O) groups is 1. The predicted octanol–water partition coefficient (Wildman–Crippen LogP) is 5.21. The minimum atomic E-state index is -0.297. The molecule has 1 N–H and O–H groups in total. The molecule has 1 amide bonds. The number of anilines is 1. The van der Waals surface area contributed by atoms with E-state index in [4.69, 9.17) is 11.6 Å². The summed E-state index contributed by atoms with van der Waals surface area (Å²) < 4.78 is 15.2. The summed E-state index contributed by atoms with van der Waals surface area (Å²) in [6.45, 7) is 1.86. The molecule has 0 spiro atoms. The Morgan fingerprint density at radius 3 is 2.48 bits per heavy atom. The van der Waals surface area contributed by atoms with Crippen molar-refractivity contribution in [3.8, 4) is 0 Å². The quantitative estimate of drug-likeness (QED) is 0.669. The SMILES string of the molecule is Cc1c(Cl)cccc1NC(=O)C[C@H](c1ccc(F)cc1)n1cccc1. The van der Waals surface area contributed by atoms with E-state index in [1.165, 1.54) is 12.1 Å². The van der Waals surface area contributed by atoms with E-state index in [-0.39, 0.29) is 24.2 Å². The third kappa shape index (κ3) is 4.09. The molecule has 0 aliphatic rings. The van der Waals surface area contributed by atoms with Gasteiger partial charge in [0.25, 0.3) is 0 Å². The fourth-order valence-electron chi connectivity index (χ4n) is 2.76. The summed E-state index contributed by atoms with van der Waals surface area (Å²) in [5.74, 6) is -0.428. The lowest BCUT2D eigenvalue weighted by molar-refractivity contribution is -0.116. The fourth-order valence-corrected chi connectivity index (χ4v) is 2.93. The van der Waals surface area contributed by atoms with Crippen LogP contribution in [0.4, 0.5) is 10.1 Å². The normalized spacial score (nSPS) is 12.0. The van der Waals surface area contributed by atoms with Crippen molar-refractivity contribution in [2.24, 2.45) is 0 Å². The van der Waals surface area contributed by atoms with Crippen molar-refractivity contribution in [3.05, 3.63) is 89.0 Å². The highest BCUT2D eigenvalue weighted by Crippen LogP contribution is 2.26. The molecule has 1 heterocycles. The van der Waals surface area contributed by atoms with Gasteiger partial charge in [-0.2, -0.15) is 0 Å². The fraction of sp³-hybridized carbons (Fsp3) is 0.150. The van der Waals surface area contributed by atoms with E-state index in [1.807, 2.05) is 42.1 Å². The van der Waals surface area contributed by atoms with E-state index in [0.29, 0.717) is 10.7 Å². The highest BCUT2D eigenvalue weighted by molar-refractivity contribution is 6.31. The molecule has 2 aromatic carbocycles. The van der Waals surface area contributed by atoms with Crippen LogP contribution in [0.15, 0.2) is 67.0 Å². The molecule has 3 rings (SSSR count). The van der Waals surface area contributed by atoms with Crippen molar-refractivity contribution in [3.63, 3.8) is 0 Å². The molecule has 0 saturated heterocycles. The molecule has 0 aliphatic carbocycles. The van der Waals surface area contributed by atoms with Gasteiger partial charge in [0.2, 0.25) is 5.91 Å². The lowest BCUT2D eigenvalue weighted by atomic mass is 10.0. The molecule has 0 bridgehead atoms. The first-order valence-electron chi connectivity index (χ1n) is 7.97. The van der Waals surface area contributed by atoms with Gasteiger partial charge in [-0.25, -0.2) is 4.39 Å². The number of carbonyl (C=O) groups excluding carboxylic acids is 1. The molecular weight excluding hydrogens is 339 g/mol. The molecule has 0 aliphatic heterocycles. The maximum atomic E-state index is 13.2. The first-order chi connectivity index (χ1) is 12.0. The zero-order chi connectivity index (χ0) is 17.8. The second-order valence-corrected chi connectivity index (χ2v) is 6.27. The zero-order valence-corrected chi connectivity index (χ0v) is 14.5. The Hall–Kier alpha value is -2.59. The molecule has 0 fully saturated rings. The van der Waals surface area contributed by atoms with Crippen molar-refractivity contribution < 1.29 is 9.18 Å². The molecule has 3 aromatic rings. The Balaban J connectivity index is 1.82. The van der Waals surface area contributed by atoms with E-state index >= 15 is 0 Å². The minimum absolute atomic E-state index is 0.131. The van der Waals surface area contributed by atoms with Crippen molar-refractivity contribution >= 4 is 23.2 Å². The minimum Gasteiger partial charge on any atom is -0.346 e. The van der Waals surface area contributed by atoms with Crippen LogP contribution in [0.5, 0.6) is 0 Å². The highest BCUT2D eigenvalue weighted by atomic mass is 35.5. The maximum absolute atomic E-state index is 13.2. The van der Waals surface area contributed by atoms with Crippen LogP contribution >= 0.6 is 11.6 Å². The number of halogens is 2. The lowest BCUT2D eigenvalue weighted by Crippen LogP contribution is -2.20. The second-order valence-electron chi connectivity index (χ2n) is 5.86. The molecule has 128 valence electrons. The van der Waals surface area contributed by atoms with Crippen molar-refractivity contribution in [1.82, 2.24) is 4.57 Å². The van der Waals surface area contributed by atoms with E-state index in [2.05, 4.69) is 5.32 Å². The third-order valence-electron chi connectivity index (χ3n) is 4.16. The van der Waals surface area contributed by atoms with Crippen LogP contribution in [-0.4, -0.2) is 10.5 Å². The van der Waals surface area contributed by atoms with Crippen LogP contribution in [0, 0.1) is 12.7 Å². The van der Waals surface area contributed by atoms with Crippen LogP contribution in [0.3, 0.4) is 0 Å². The summed E-state index contributed by atoms with van der Waals surface area (Å²) in [6, 6.07) is 15.2. The van der Waals surface area contributed by atoms with Crippen molar-refractivity contribution in [2.75, 3.05) is 5.32 Å². The summed E-state index contributed by atoms with van der Waals surface area (Å²) in [7, 11) is 0. The molecule has 5 heteroatoms. The number of aromatic nitrogens is 1. The standard InChI is InChI=1S/C20H18ClFN2O/c1-14-17(21)5-4-6-18(14)23-20(25)13-19(24-11-2-3-12-24)15-7-9-16(22)10-8-15/h2-12,19H,13H2,1H3,(H,23,25)/t19-/m1/s1. The van der Waals surface area contributed by atoms with Gasteiger partial charge in [0.05, 0.1) is 12.5 Å². The number of nitrogens with one attached hydrogen (secondary N) is 1. The summed E-state index contributed by atoms with van der Waals surface area (Å²) in [5, 5.41) is 3.52. The van der Waals surface area contributed by atoms with E-state index in [0.717, 1.165) is 11.1 Å². The number of benzene rings is 2. The molecule has 1 aromatic heterocycles. The summed E-state index contributed by atoms with van der Waals surface area (Å²) >= 11 is 6.10. The van der Waals surface area contributed by atoms with E-state index < -0.39 is 0 Å². The lowest BCUT2D eigenvalue weighted by Gasteiger charge is -2.20. The first kappa shape index (κ1) is 17.2. The second kappa shape index (κ2) is 7.53.